The molecule has 0 radical (unpaired) electrons. The number of thiazole rings is 1. The van der Waals surface area contributed by atoms with Crippen molar-refractivity contribution in [2.75, 3.05) is 0 Å². The summed E-state index contributed by atoms with van der Waals surface area (Å²) in [5.74, 6) is 0.708. The van der Waals surface area contributed by atoms with Crippen LogP contribution in [0.1, 0.15) is 11.1 Å². The molecule has 2 nitrogen and oxygen atoms in total. The van der Waals surface area contributed by atoms with E-state index in [1.54, 1.807) is 47.5 Å². The quantitative estimate of drug-likeness (QED) is 0.203. The molecule has 0 aliphatic heterocycles. The minimum absolute atomic E-state index is 0.568. The predicted molar refractivity (Wildman–Crippen MR) is 129 cm³/mol. The maximum Gasteiger partial charge on any atom is 0.151 e. The Bertz CT molecular complexity index is 1220. The fraction of sp³-hybridized carbons (Fsp3) is 0.0476. The molecule has 1 aromatic heterocycles. The summed E-state index contributed by atoms with van der Waals surface area (Å²) in [5, 5.41) is 2.55. The molecule has 3 aromatic carbocycles. The van der Waals surface area contributed by atoms with Gasteiger partial charge in [0.05, 0.1) is 20.9 Å². The number of fused-ring (bicyclic) bond motifs is 1. The largest absolute Gasteiger partial charge is 0.256 e. The third-order valence-corrected chi connectivity index (χ3v) is 7.40. The zero-order valence-corrected chi connectivity index (χ0v) is 19.4. The molecule has 8 heteroatoms. The summed E-state index contributed by atoms with van der Waals surface area (Å²) in [7, 11) is 0. The summed E-state index contributed by atoms with van der Waals surface area (Å²) in [6, 6.07) is 16.7. The molecule has 146 valence electrons. The summed E-state index contributed by atoms with van der Waals surface area (Å²) < 4.78 is 2.04. The van der Waals surface area contributed by atoms with E-state index in [1.165, 1.54) is 0 Å². The number of nitrogens with zero attached hydrogens (tertiary/aromatic N) is 2. The lowest BCUT2D eigenvalue weighted by Gasteiger charge is -2.02. The molecule has 0 saturated heterocycles. The number of hydrogen-bond donors (Lipinski definition) is 0. The Hall–Kier alpha value is -1.27. The lowest BCUT2D eigenvalue weighted by atomic mass is 10.2. The molecule has 0 bridgehead atoms. The van der Waals surface area contributed by atoms with Gasteiger partial charge in [0.25, 0.3) is 0 Å². The first-order valence-corrected chi connectivity index (χ1v) is 11.8. The van der Waals surface area contributed by atoms with Gasteiger partial charge in [-0.2, -0.15) is 0 Å². The van der Waals surface area contributed by atoms with Gasteiger partial charge < -0.3 is 0 Å². The van der Waals surface area contributed by atoms with E-state index in [0.717, 1.165) is 31.4 Å². The van der Waals surface area contributed by atoms with Crippen molar-refractivity contribution in [2.24, 2.45) is 4.99 Å². The minimum Gasteiger partial charge on any atom is -0.256 e. The van der Waals surface area contributed by atoms with Crippen molar-refractivity contribution in [1.29, 1.82) is 0 Å². The monoisotopic (exact) mass is 496 g/mol. The second-order valence-electron chi connectivity index (χ2n) is 6.08. The van der Waals surface area contributed by atoms with Crippen molar-refractivity contribution in [3.63, 3.8) is 0 Å². The Labute approximate surface area is 196 Å². The number of rotatable bonds is 5. The zero-order chi connectivity index (χ0) is 20.4. The average Bonchev–Trinajstić information content (AvgIpc) is 3.10. The summed E-state index contributed by atoms with van der Waals surface area (Å²) >= 11 is 27.7. The maximum absolute atomic E-state index is 6.25. The van der Waals surface area contributed by atoms with Gasteiger partial charge in [0, 0.05) is 32.6 Å². The Morgan fingerprint density at radius 3 is 2.52 bits per heavy atom. The maximum atomic E-state index is 6.25. The Balaban J connectivity index is 1.51. The van der Waals surface area contributed by atoms with Crippen molar-refractivity contribution in [3.05, 3.63) is 85.8 Å². The van der Waals surface area contributed by atoms with Crippen LogP contribution in [-0.2, 0) is 5.75 Å². The van der Waals surface area contributed by atoms with Crippen LogP contribution in [0.25, 0.3) is 10.2 Å². The number of benzene rings is 3. The lowest BCUT2D eigenvalue weighted by molar-refractivity contribution is 1.29. The number of aromatic nitrogens is 1. The van der Waals surface area contributed by atoms with Crippen LogP contribution in [0.15, 0.2) is 63.9 Å². The molecule has 0 atom stereocenters. The highest BCUT2D eigenvalue weighted by molar-refractivity contribution is 8.00. The second kappa shape index (κ2) is 9.25. The molecule has 0 unspecified atom stereocenters. The van der Waals surface area contributed by atoms with Gasteiger partial charge in [-0.1, -0.05) is 64.2 Å². The lowest BCUT2D eigenvalue weighted by Crippen LogP contribution is -1.82. The average molecular weight is 498 g/mol. The number of hydrogen-bond acceptors (Lipinski definition) is 4. The van der Waals surface area contributed by atoms with Crippen LogP contribution in [0, 0.1) is 0 Å². The van der Waals surface area contributed by atoms with Gasteiger partial charge in [-0.15, -0.1) is 11.3 Å². The first kappa shape index (κ1) is 21.0. The third kappa shape index (κ3) is 5.26. The molecule has 0 amide bonds. The van der Waals surface area contributed by atoms with Crippen molar-refractivity contribution in [1.82, 2.24) is 4.98 Å². The van der Waals surface area contributed by atoms with E-state index >= 15 is 0 Å². The molecule has 4 aromatic rings. The Morgan fingerprint density at radius 2 is 1.69 bits per heavy atom. The molecule has 0 saturated carbocycles. The number of aliphatic imine (C=N–C) groups is 1. The van der Waals surface area contributed by atoms with Crippen molar-refractivity contribution >= 4 is 91.6 Å². The molecule has 0 aliphatic carbocycles. The van der Waals surface area contributed by atoms with Crippen LogP contribution in [0.4, 0.5) is 5.69 Å². The van der Waals surface area contributed by atoms with Crippen molar-refractivity contribution in [3.8, 4) is 0 Å². The van der Waals surface area contributed by atoms with Gasteiger partial charge in [-0.25, -0.2) is 4.98 Å². The van der Waals surface area contributed by atoms with E-state index in [9.17, 15) is 0 Å². The summed E-state index contributed by atoms with van der Waals surface area (Å²) in [5.41, 5.74) is 3.59. The minimum atomic E-state index is 0.568. The van der Waals surface area contributed by atoms with Gasteiger partial charge in [-0.05, 0) is 54.1 Å². The second-order valence-corrected chi connectivity index (χ2v) is 10.0. The Kier molecular flexibility index (Phi) is 6.69. The van der Waals surface area contributed by atoms with E-state index in [-0.39, 0.29) is 0 Å². The normalized spacial score (nSPS) is 11.6. The molecule has 4 rings (SSSR count). The standard InChI is InChI=1S/C21H12Cl4N2S2/c22-14-3-5-17(24)13(7-14)11-28-21-27-19-6-4-16(9-20(19)29-21)26-10-12-1-2-15(23)8-18(12)25/h1-10H,11H2. The Morgan fingerprint density at radius 1 is 0.897 bits per heavy atom. The first-order valence-electron chi connectivity index (χ1n) is 8.44. The van der Waals surface area contributed by atoms with Crippen LogP contribution in [0.2, 0.25) is 20.1 Å². The van der Waals surface area contributed by atoms with Gasteiger partial charge in [0.2, 0.25) is 0 Å². The van der Waals surface area contributed by atoms with Crippen LogP contribution in [0.3, 0.4) is 0 Å². The van der Waals surface area contributed by atoms with E-state index in [0.29, 0.717) is 25.8 Å². The van der Waals surface area contributed by atoms with E-state index in [2.05, 4.69) is 9.98 Å². The zero-order valence-electron chi connectivity index (χ0n) is 14.7. The SMILES string of the molecule is Clc1ccc(C=Nc2ccc3nc(SCc4cc(Cl)ccc4Cl)sc3c2)c(Cl)c1. The topological polar surface area (TPSA) is 25.2 Å². The van der Waals surface area contributed by atoms with E-state index in [1.807, 2.05) is 36.4 Å². The molecule has 29 heavy (non-hydrogen) atoms. The molecule has 0 fully saturated rings. The summed E-state index contributed by atoms with van der Waals surface area (Å²) in [6.45, 7) is 0. The van der Waals surface area contributed by atoms with Crippen LogP contribution in [0.5, 0.6) is 0 Å². The third-order valence-electron chi connectivity index (χ3n) is 4.03. The molecular weight excluding hydrogens is 486 g/mol. The smallest absolute Gasteiger partial charge is 0.151 e. The summed E-state index contributed by atoms with van der Waals surface area (Å²) in [6.07, 6.45) is 1.73. The van der Waals surface area contributed by atoms with E-state index < -0.39 is 0 Å². The van der Waals surface area contributed by atoms with Gasteiger partial charge >= 0.3 is 0 Å². The first-order chi connectivity index (χ1) is 14.0. The van der Waals surface area contributed by atoms with Gasteiger partial charge in [0.15, 0.2) is 4.34 Å². The molecule has 0 spiro atoms. The highest BCUT2D eigenvalue weighted by Crippen LogP contribution is 2.35. The summed E-state index contributed by atoms with van der Waals surface area (Å²) in [4.78, 5) is 9.21. The molecule has 0 aliphatic rings. The number of halogens is 4. The van der Waals surface area contributed by atoms with Gasteiger partial charge in [0.1, 0.15) is 0 Å². The molecular formula is C21H12Cl4N2S2. The molecule has 0 N–H and O–H groups in total. The van der Waals surface area contributed by atoms with Gasteiger partial charge in [-0.3, -0.25) is 4.99 Å². The van der Waals surface area contributed by atoms with E-state index in [4.69, 9.17) is 46.4 Å². The van der Waals surface area contributed by atoms with Crippen molar-refractivity contribution in [2.45, 2.75) is 10.1 Å². The van der Waals surface area contributed by atoms with Crippen molar-refractivity contribution < 1.29 is 0 Å². The highest BCUT2D eigenvalue weighted by Gasteiger charge is 2.08. The molecule has 1 heterocycles. The fourth-order valence-corrected chi connectivity index (χ4v) is 5.59. The fourth-order valence-electron chi connectivity index (χ4n) is 2.58. The number of thioether (sulfide) groups is 1. The van der Waals surface area contributed by atoms with Crippen LogP contribution >= 0.6 is 69.5 Å². The van der Waals surface area contributed by atoms with Crippen LogP contribution in [-0.4, -0.2) is 11.2 Å². The predicted octanol–water partition coefficient (Wildman–Crippen LogP) is 8.95. The highest BCUT2D eigenvalue weighted by atomic mass is 35.5. The van der Waals surface area contributed by atoms with Crippen LogP contribution < -0.4 is 0 Å².